The average molecular weight is 330 g/mol. The molecule has 1 atom stereocenters. The Bertz CT molecular complexity index is 438. The Hall–Kier alpha value is -1.83. The third-order valence-electron chi connectivity index (χ3n) is 3.50. The highest BCUT2D eigenvalue weighted by atomic mass is 16.6. The minimum absolute atomic E-state index is 0.313. The number of carbonyl (C=O) groups is 3. The number of ether oxygens (including phenoxy) is 2. The van der Waals surface area contributed by atoms with Crippen LogP contribution in [0.3, 0.4) is 0 Å². The second-order valence-corrected chi connectivity index (χ2v) is 6.51. The first kappa shape index (κ1) is 19.2. The Morgan fingerprint density at radius 1 is 1.26 bits per heavy atom. The highest BCUT2D eigenvalue weighted by Gasteiger charge is 2.31. The fourth-order valence-corrected chi connectivity index (χ4v) is 2.26. The second kappa shape index (κ2) is 8.14. The minimum Gasteiger partial charge on any atom is -0.467 e. The Morgan fingerprint density at radius 2 is 1.83 bits per heavy atom. The number of carbonyl (C=O) groups excluding carboxylic acids is 3. The zero-order valence-corrected chi connectivity index (χ0v) is 14.1. The Labute approximate surface area is 136 Å². The number of likely N-dealkylation sites (tertiary alicyclic amines) is 1. The molecule has 1 aliphatic heterocycles. The number of aliphatic hydroxyl groups is 1. The fourth-order valence-electron chi connectivity index (χ4n) is 2.26. The molecule has 132 valence electrons. The van der Waals surface area contributed by atoms with E-state index in [4.69, 9.17) is 9.84 Å². The predicted molar refractivity (Wildman–Crippen MR) is 81.6 cm³/mol. The summed E-state index contributed by atoms with van der Waals surface area (Å²) in [5.41, 5.74) is -0.555. The molecule has 8 nitrogen and oxygen atoms in total. The molecule has 8 heteroatoms. The fraction of sp³-hybridized carbons (Fsp3) is 0.800. The molecule has 1 heterocycles. The molecule has 1 aliphatic rings. The lowest BCUT2D eigenvalue weighted by Crippen LogP contribution is -2.49. The van der Waals surface area contributed by atoms with Gasteiger partial charge in [-0.2, -0.15) is 0 Å². The Balaban J connectivity index is 2.48. The average Bonchev–Trinajstić information content (AvgIpc) is 2.50. The van der Waals surface area contributed by atoms with Crippen molar-refractivity contribution >= 4 is 18.0 Å². The molecule has 0 aliphatic carbocycles. The van der Waals surface area contributed by atoms with Crippen LogP contribution in [0.15, 0.2) is 0 Å². The number of nitrogens with one attached hydrogen (secondary N) is 1. The maximum absolute atomic E-state index is 12.1. The lowest BCUT2D eigenvalue weighted by Gasteiger charge is -2.33. The van der Waals surface area contributed by atoms with Gasteiger partial charge >= 0.3 is 12.1 Å². The zero-order chi connectivity index (χ0) is 17.6. The largest absolute Gasteiger partial charge is 0.467 e. The highest BCUT2D eigenvalue weighted by molar-refractivity contribution is 5.86. The lowest BCUT2D eigenvalue weighted by molar-refractivity contribution is -0.146. The molecular weight excluding hydrogens is 304 g/mol. The van der Waals surface area contributed by atoms with E-state index in [1.165, 1.54) is 7.11 Å². The van der Waals surface area contributed by atoms with Gasteiger partial charge in [0.1, 0.15) is 5.60 Å². The molecule has 1 fully saturated rings. The Kier molecular flexibility index (Phi) is 6.80. The summed E-state index contributed by atoms with van der Waals surface area (Å²) in [6, 6.07) is -1.06. The molecule has 0 aromatic heterocycles. The van der Waals surface area contributed by atoms with Gasteiger partial charge in [0.2, 0.25) is 5.91 Å². The van der Waals surface area contributed by atoms with E-state index in [1.54, 1.807) is 25.7 Å². The number of piperidine rings is 1. The van der Waals surface area contributed by atoms with Gasteiger partial charge in [0, 0.05) is 19.0 Å². The van der Waals surface area contributed by atoms with Gasteiger partial charge in [0.15, 0.2) is 6.04 Å². The minimum atomic E-state index is -1.06. The molecule has 2 amide bonds. The number of esters is 1. The third kappa shape index (κ3) is 6.05. The van der Waals surface area contributed by atoms with Crippen LogP contribution in [0.5, 0.6) is 0 Å². The molecule has 0 radical (unpaired) electrons. The van der Waals surface area contributed by atoms with Crippen molar-refractivity contribution < 1.29 is 29.0 Å². The summed E-state index contributed by atoms with van der Waals surface area (Å²) in [7, 11) is 1.19. The molecule has 0 spiro atoms. The van der Waals surface area contributed by atoms with Crippen LogP contribution in [0.1, 0.15) is 33.6 Å². The number of rotatable bonds is 4. The van der Waals surface area contributed by atoms with E-state index in [0.717, 1.165) is 0 Å². The molecule has 0 bridgehead atoms. The summed E-state index contributed by atoms with van der Waals surface area (Å²) in [6.45, 7) is 5.70. The van der Waals surface area contributed by atoms with Gasteiger partial charge in [-0.1, -0.05) is 0 Å². The normalized spacial score (nSPS) is 17.3. The number of nitrogens with zero attached hydrogens (tertiary/aromatic N) is 1. The van der Waals surface area contributed by atoms with Gasteiger partial charge in [-0.3, -0.25) is 4.79 Å². The first-order valence-corrected chi connectivity index (χ1v) is 7.65. The molecule has 0 aromatic rings. The lowest BCUT2D eigenvalue weighted by atomic mass is 9.96. The van der Waals surface area contributed by atoms with Crippen LogP contribution in [0, 0.1) is 5.92 Å². The van der Waals surface area contributed by atoms with Crippen molar-refractivity contribution in [2.75, 3.05) is 26.8 Å². The maximum atomic E-state index is 12.1. The van der Waals surface area contributed by atoms with E-state index in [9.17, 15) is 14.4 Å². The van der Waals surface area contributed by atoms with Crippen LogP contribution < -0.4 is 5.32 Å². The summed E-state index contributed by atoms with van der Waals surface area (Å²) in [6.07, 6.45) is 0.563. The van der Waals surface area contributed by atoms with Gasteiger partial charge in [-0.25, -0.2) is 9.59 Å². The predicted octanol–water partition coefficient (Wildman–Crippen LogP) is 0.284. The van der Waals surface area contributed by atoms with Crippen LogP contribution in [-0.2, 0) is 19.1 Å². The molecule has 2 N–H and O–H groups in total. The zero-order valence-electron chi connectivity index (χ0n) is 14.1. The summed E-state index contributed by atoms with van der Waals surface area (Å²) in [5, 5.41) is 11.6. The summed E-state index contributed by atoms with van der Waals surface area (Å²) in [4.78, 5) is 37.0. The quantitative estimate of drug-likeness (QED) is 0.718. The molecule has 1 saturated heterocycles. The first-order chi connectivity index (χ1) is 10.7. The van der Waals surface area contributed by atoms with Crippen LogP contribution in [-0.4, -0.2) is 66.4 Å². The van der Waals surface area contributed by atoms with E-state index >= 15 is 0 Å². The van der Waals surface area contributed by atoms with Crippen molar-refractivity contribution in [2.45, 2.75) is 45.3 Å². The summed E-state index contributed by atoms with van der Waals surface area (Å²) in [5.74, 6) is -1.32. The molecule has 1 rings (SSSR count). The van der Waals surface area contributed by atoms with Crippen LogP contribution in [0.25, 0.3) is 0 Å². The van der Waals surface area contributed by atoms with Crippen molar-refractivity contribution in [1.29, 1.82) is 0 Å². The van der Waals surface area contributed by atoms with E-state index in [2.05, 4.69) is 10.1 Å². The highest BCUT2D eigenvalue weighted by Crippen LogP contribution is 2.20. The molecular formula is C15H26N2O6. The monoisotopic (exact) mass is 330 g/mol. The molecule has 0 unspecified atom stereocenters. The molecule has 0 saturated carbocycles. The summed E-state index contributed by atoms with van der Waals surface area (Å²) < 4.78 is 9.80. The number of aliphatic hydroxyl groups excluding tert-OH is 1. The van der Waals surface area contributed by atoms with Crippen molar-refractivity contribution in [3.63, 3.8) is 0 Å². The molecule has 0 aromatic carbocycles. The van der Waals surface area contributed by atoms with E-state index < -0.39 is 24.2 Å². The smallest absolute Gasteiger partial charge is 0.410 e. The van der Waals surface area contributed by atoms with Crippen molar-refractivity contribution in [1.82, 2.24) is 10.2 Å². The van der Waals surface area contributed by atoms with Gasteiger partial charge < -0.3 is 24.8 Å². The number of hydrogen-bond donors (Lipinski definition) is 2. The number of amides is 2. The standard InChI is InChI=1S/C15H26N2O6/c1-15(2,3)23-14(21)17-7-5-10(6-8-17)12(19)16-11(9-18)13(20)22-4/h10-11,18H,5-9H2,1-4H3,(H,16,19)/t11-/m0/s1. The van der Waals surface area contributed by atoms with Crippen LogP contribution in [0.4, 0.5) is 4.79 Å². The van der Waals surface area contributed by atoms with Gasteiger partial charge in [-0.05, 0) is 33.6 Å². The van der Waals surface area contributed by atoms with Crippen molar-refractivity contribution in [2.24, 2.45) is 5.92 Å². The number of methoxy groups -OCH3 is 1. The maximum Gasteiger partial charge on any atom is 0.410 e. The van der Waals surface area contributed by atoms with E-state index in [0.29, 0.717) is 25.9 Å². The van der Waals surface area contributed by atoms with E-state index in [-0.39, 0.29) is 17.9 Å². The first-order valence-electron chi connectivity index (χ1n) is 7.65. The third-order valence-corrected chi connectivity index (χ3v) is 3.50. The molecule has 23 heavy (non-hydrogen) atoms. The van der Waals surface area contributed by atoms with Gasteiger partial charge in [0.05, 0.1) is 13.7 Å². The topological polar surface area (TPSA) is 105 Å². The van der Waals surface area contributed by atoms with Gasteiger partial charge in [-0.15, -0.1) is 0 Å². The second-order valence-electron chi connectivity index (χ2n) is 6.51. The van der Waals surface area contributed by atoms with E-state index in [1.807, 2.05) is 0 Å². The van der Waals surface area contributed by atoms with Crippen LogP contribution in [0.2, 0.25) is 0 Å². The summed E-state index contributed by atoms with van der Waals surface area (Å²) >= 11 is 0. The SMILES string of the molecule is COC(=O)[C@H](CO)NC(=O)C1CCN(C(=O)OC(C)(C)C)CC1. The van der Waals surface area contributed by atoms with Crippen molar-refractivity contribution in [3.8, 4) is 0 Å². The number of hydrogen-bond acceptors (Lipinski definition) is 6. The van der Waals surface area contributed by atoms with Gasteiger partial charge in [0.25, 0.3) is 0 Å². The Morgan fingerprint density at radius 3 is 2.26 bits per heavy atom. The van der Waals surface area contributed by atoms with Crippen molar-refractivity contribution in [3.05, 3.63) is 0 Å². The van der Waals surface area contributed by atoms with Crippen LogP contribution >= 0.6 is 0 Å².